The SMILES string of the molecule is CN(C)Cc1cccc(NC(=O)N2CCCC2c2cccc3c2OCCO3)c1. The molecule has 0 saturated carbocycles. The van der Waals surface area contributed by atoms with E-state index in [9.17, 15) is 4.79 Å². The molecule has 2 aliphatic heterocycles. The molecule has 1 atom stereocenters. The summed E-state index contributed by atoms with van der Waals surface area (Å²) in [6.07, 6.45) is 1.90. The van der Waals surface area contributed by atoms with E-state index in [1.165, 1.54) is 5.56 Å². The molecule has 2 aromatic rings. The quantitative estimate of drug-likeness (QED) is 0.873. The fraction of sp³-hybridized carbons (Fsp3) is 0.409. The first-order chi connectivity index (χ1) is 13.6. The smallest absolute Gasteiger partial charge is 0.322 e. The topological polar surface area (TPSA) is 54.0 Å². The van der Waals surface area contributed by atoms with Crippen molar-refractivity contribution in [2.24, 2.45) is 0 Å². The maximum atomic E-state index is 13.0. The number of likely N-dealkylation sites (tertiary alicyclic amines) is 1. The summed E-state index contributed by atoms with van der Waals surface area (Å²) in [4.78, 5) is 17.1. The summed E-state index contributed by atoms with van der Waals surface area (Å²) >= 11 is 0. The summed E-state index contributed by atoms with van der Waals surface area (Å²) in [5, 5.41) is 3.07. The van der Waals surface area contributed by atoms with Gasteiger partial charge < -0.3 is 24.6 Å². The minimum absolute atomic E-state index is 0.00149. The van der Waals surface area contributed by atoms with Gasteiger partial charge in [-0.2, -0.15) is 0 Å². The third kappa shape index (κ3) is 3.92. The average Bonchev–Trinajstić information content (AvgIpc) is 3.17. The third-order valence-corrected chi connectivity index (χ3v) is 5.15. The number of ether oxygens (including phenoxy) is 2. The van der Waals surface area contributed by atoms with Crippen LogP contribution in [0.15, 0.2) is 42.5 Å². The van der Waals surface area contributed by atoms with Gasteiger partial charge in [-0.25, -0.2) is 4.79 Å². The number of benzene rings is 2. The average molecular weight is 381 g/mol. The summed E-state index contributed by atoms with van der Waals surface area (Å²) in [5.41, 5.74) is 3.03. The Morgan fingerprint density at radius 2 is 2.00 bits per heavy atom. The second kappa shape index (κ2) is 8.10. The van der Waals surface area contributed by atoms with Crippen LogP contribution in [0.3, 0.4) is 0 Å². The number of nitrogens with zero attached hydrogens (tertiary/aromatic N) is 2. The number of rotatable bonds is 4. The molecule has 148 valence electrons. The van der Waals surface area contributed by atoms with Crippen LogP contribution in [0.25, 0.3) is 0 Å². The molecule has 2 heterocycles. The van der Waals surface area contributed by atoms with Crippen LogP contribution in [0, 0.1) is 0 Å². The van der Waals surface area contributed by atoms with Crippen LogP contribution in [-0.4, -0.2) is 49.7 Å². The van der Waals surface area contributed by atoms with E-state index < -0.39 is 0 Å². The van der Waals surface area contributed by atoms with Crippen molar-refractivity contribution in [3.63, 3.8) is 0 Å². The van der Waals surface area contributed by atoms with Crippen molar-refractivity contribution in [3.8, 4) is 11.5 Å². The van der Waals surface area contributed by atoms with Gasteiger partial charge in [0.25, 0.3) is 0 Å². The Balaban J connectivity index is 1.52. The summed E-state index contributed by atoms with van der Waals surface area (Å²) in [6.45, 7) is 2.68. The van der Waals surface area contributed by atoms with Crippen molar-refractivity contribution in [2.45, 2.75) is 25.4 Å². The van der Waals surface area contributed by atoms with E-state index in [0.29, 0.717) is 13.2 Å². The number of para-hydroxylation sites is 1. The summed E-state index contributed by atoms with van der Waals surface area (Å²) in [6, 6.07) is 13.9. The monoisotopic (exact) mass is 381 g/mol. The van der Waals surface area contributed by atoms with Gasteiger partial charge in [-0.3, -0.25) is 0 Å². The lowest BCUT2D eigenvalue weighted by molar-refractivity contribution is 0.165. The lowest BCUT2D eigenvalue weighted by Crippen LogP contribution is -2.35. The Bertz CT molecular complexity index is 853. The Morgan fingerprint density at radius 3 is 2.86 bits per heavy atom. The molecule has 0 bridgehead atoms. The normalized spacial score (nSPS) is 18.4. The molecule has 6 heteroatoms. The molecule has 4 rings (SSSR count). The zero-order valence-electron chi connectivity index (χ0n) is 16.5. The highest BCUT2D eigenvalue weighted by Gasteiger charge is 2.33. The molecule has 1 N–H and O–H groups in total. The van der Waals surface area contributed by atoms with Crippen molar-refractivity contribution >= 4 is 11.7 Å². The highest BCUT2D eigenvalue weighted by Crippen LogP contribution is 2.42. The molecule has 0 aliphatic carbocycles. The number of hydrogen-bond acceptors (Lipinski definition) is 4. The molecule has 6 nitrogen and oxygen atoms in total. The molecule has 0 aromatic heterocycles. The van der Waals surface area contributed by atoms with Gasteiger partial charge >= 0.3 is 6.03 Å². The number of fused-ring (bicyclic) bond motifs is 1. The van der Waals surface area contributed by atoms with Gasteiger partial charge in [-0.1, -0.05) is 24.3 Å². The first-order valence-electron chi connectivity index (χ1n) is 9.81. The maximum Gasteiger partial charge on any atom is 0.322 e. The van der Waals surface area contributed by atoms with E-state index in [2.05, 4.69) is 16.3 Å². The zero-order valence-corrected chi connectivity index (χ0v) is 16.5. The molecule has 0 spiro atoms. The molecule has 2 amide bonds. The standard InChI is InChI=1S/C22H27N3O3/c1-24(2)15-16-6-3-7-17(14-16)23-22(26)25-11-5-9-19(25)18-8-4-10-20-21(18)28-13-12-27-20/h3-4,6-8,10,14,19H,5,9,11-13,15H2,1-2H3,(H,23,26). The molecule has 1 saturated heterocycles. The molecular weight excluding hydrogens is 354 g/mol. The number of urea groups is 1. The molecule has 1 fully saturated rings. The molecule has 28 heavy (non-hydrogen) atoms. The minimum atomic E-state index is -0.0705. The molecule has 2 aromatic carbocycles. The minimum Gasteiger partial charge on any atom is -0.486 e. The van der Waals surface area contributed by atoms with Gasteiger partial charge in [-0.15, -0.1) is 0 Å². The third-order valence-electron chi connectivity index (χ3n) is 5.15. The van der Waals surface area contributed by atoms with Crippen molar-refractivity contribution in [1.29, 1.82) is 0 Å². The van der Waals surface area contributed by atoms with E-state index in [-0.39, 0.29) is 12.1 Å². The van der Waals surface area contributed by atoms with Gasteiger partial charge in [0.05, 0.1) is 6.04 Å². The van der Waals surface area contributed by atoms with Gasteiger partial charge in [-0.05, 0) is 50.7 Å². The van der Waals surface area contributed by atoms with Crippen LogP contribution in [0.1, 0.15) is 30.0 Å². The van der Waals surface area contributed by atoms with Crippen molar-refractivity contribution < 1.29 is 14.3 Å². The lowest BCUT2D eigenvalue weighted by Gasteiger charge is -2.29. The second-order valence-electron chi connectivity index (χ2n) is 7.59. The van der Waals surface area contributed by atoms with Gasteiger partial charge in [0.2, 0.25) is 0 Å². The van der Waals surface area contributed by atoms with Crippen molar-refractivity contribution in [2.75, 3.05) is 39.2 Å². The highest BCUT2D eigenvalue weighted by atomic mass is 16.6. The number of carbonyl (C=O) groups is 1. The highest BCUT2D eigenvalue weighted by molar-refractivity contribution is 5.90. The lowest BCUT2D eigenvalue weighted by atomic mass is 10.0. The van der Waals surface area contributed by atoms with E-state index >= 15 is 0 Å². The largest absolute Gasteiger partial charge is 0.486 e. The summed E-state index contributed by atoms with van der Waals surface area (Å²) in [5.74, 6) is 1.55. The maximum absolute atomic E-state index is 13.0. The summed E-state index contributed by atoms with van der Waals surface area (Å²) in [7, 11) is 4.07. The number of nitrogens with one attached hydrogen (secondary N) is 1. The van der Waals surface area contributed by atoms with Gasteiger partial charge in [0, 0.05) is 24.3 Å². The predicted octanol–water partition coefficient (Wildman–Crippen LogP) is 3.89. The zero-order chi connectivity index (χ0) is 19.5. The Morgan fingerprint density at radius 1 is 1.18 bits per heavy atom. The predicted molar refractivity (Wildman–Crippen MR) is 109 cm³/mol. The fourth-order valence-corrected chi connectivity index (χ4v) is 4.00. The van der Waals surface area contributed by atoms with Crippen LogP contribution in [0.4, 0.5) is 10.5 Å². The molecule has 0 radical (unpaired) electrons. The first-order valence-corrected chi connectivity index (χ1v) is 9.81. The van der Waals surface area contributed by atoms with Crippen molar-refractivity contribution in [1.82, 2.24) is 9.80 Å². The molecule has 2 aliphatic rings. The molecular formula is C22H27N3O3. The Labute approximate surface area is 166 Å². The number of carbonyl (C=O) groups excluding carboxylic acids is 1. The van der Waals surface area contributed by atoms with E-state index in [1.807, 2.05) is 55.4 Å². The van der Waals surface area contributed by atoms with Crippen LogP contribution in [0.2, 0.25) is 0 Å². The Hall–Kier alpha value is -2.73. The van der Waals surface area contributed by atoms with Gasteiger partial charge in [0.15, 0.2) is 11.5 Å². The van der Waals surface area contributed by atoms with E-state index in [1.54, 1.807) is 0 Å². The Kier molecular flexibility index (Phi) is 5.39. The molecule has 1 unspecified atom stereocenters. The van der Waals surface area contributed by atoms with Crippen molar-refractivity contribution in [3.05, 3.63) is 53.6 Å². The number of amides is 2. The van der Waals surface area contributed by atoms with Crippen LogP contribution in [-0.2, 0) is 6.54 Å². The van der Waals surface area contributed by atoms with Crippen LogP contribution >= 0.6 is 0 Å². The number of anilines is 1. The first kappa shape index (κ1) is 18.6. The van der Waals surface area contributed by atoms with E-state index in [4.69, 9.17) is 9.47 Å². The second-order valence-corrected chi connectivity index (χ2v) is 7.59. The number of hydrogen-bond donors (Lipinski definition) is 1. The van der Waals surface area contributed by atoms with Crippen LogP contribution < -0.4 is 14.8 Å². The fourth-order valence-electron chi connectivity index (χ4n) is 4.00. The van der Waals surface area contributed by atoms with Gasteiger partial charge in [0.1, 0.15) is 13.2 Å². The summed E-state index contributed by atoms with van der Waals surface area (Å²) < 4.78 is 11.6. The van der Waals surface area contributed by atoms with Crippen LogP contribution in [0.5, 0.6) is 11.5 Å². The van der Waals surface area contributed by atoms with E-state index in [0.717, 1.165) is 48.7 Å².